The minimum absolute atomic E-state index is 0.165. The first-order valence-electron chi connectivity index (χ1n) is 14.0. The largest absolute Gasteiger partial charge is 0.369 e. The van der Waals surface area contributed by atoms with Gasteiger partial charge in [-0.2, -0.15) is 0 Å². The number of urea groups is 1. The lowest BCUT2D eigenvalue weighted by Gasteiger charge is -2.50. The Bertz CT molecular complexity index is 1290. The molecule has 0 bridgehead atoms. The van der Waals surface area contributed by atoms with Gasteiger partial charge in [0.05, 0.1) is 24.1 Å². The van der Waals surface area contributed by atoms with E-state index in [2.05, 4.69) is 39.5 Å². The highest BCUT2D eigenvalue weighted by atomic mass is 16.2. The summed E-state index contributed by atoms with van der Waals surface area (Å²) in [5.41, 5.74) is 17.2. The van der Waals surface area contributed by atoms with E-state index in [0.717, 1.165) is 48.2 Å². The summed E-state index contributed by atoms with van der Waals surface area (Å²) in [6.07, 6.45) is 4.12. The number of hydrogen-bond donors (Lipinski definition) is 3. The van der Waals surface area contributed by atoms with Crippen molar-refractivity contribution in [2.24, 2.45) is 17.4 Å². The van der Waals surface area contributed by atoms with Crippen LogP contribution in [0.25, 0.3) is 11.3 Å². The van der Waals surface area contributed by atoms with Gasteiger partial charge in [0.1, 0.15) is 5.92 Å². The molecule has 3 aromatic rings. The van der Waals surface area contributed by atoms with E-state index < -0.39 is 18.2 Å². The summed E-state index contributed by atoms with van der Waals surface area (Å²) in [6, 6.07) is 23.2. The number of anilines is 1. The Morgan fingerprint density at radius 2 is 1.68 bits per heavy atom. The summed E-state index contributed by atoms with van der Waals surface area (Å²) in [5.74, 6) is -1.02. The van der Waals surface area contributed by atoms with Gasteiger partial charge in [0.2, 0.25) is 5.91 Å². The Kier molecular flexibility index (Phi) is 8.44. The average Bonchev–Trinajstić information content (AvgIpc) is 2.98. The second kappa shape index (κ2) is 12.2. The van der Waals surface area contributed by atoms with E-state index in [4.69, 9.17) is 11.5 Å². The molecule has 5 unspecified atom stereocenters. The molecule has 2 aromatic carbocycles. The first-order valence-corrected chi connectivity index (χ1v) is 14.0. The van der Waals surface area contributed by atoms with Gasteiger partial charge in [-0.05, 0) is 49.7 Å². The molecule has 2 aliphatic rings. The minimum Gasteiger partial charge on any atom is -0.369 e. The smallest absolute Gasteiger partial charge is 0.328 e. The molecule has 1 aliphatic carbocycles. The molecule has 1 saturated carbocycles. The third-order valence-corrected chi connectivity index (χ3v) is 8.20. The van der Waals surface area contributed by atoms with Crippen molar-refractivity contribution in [3.8, 4) is 11.3 Å². The van der Waals surface area contributed by atoms with Gasteiger partial charge in [0, 0.05) is 37.1 Å². The molecule has 40 heavy (non-hydrogen) atoms. The number of nitrogens with two attached hydrogens (primary N) is 2. The number of carbonyl (C=O) groups is 2. The summed E-state index contributed by atoms with van der Waals surface area (Å²) < 4.78 is 0. The molecule has 2 fully saturated rings. The quantitative estimate of drug-likeness (QED) is 0.372. The molecule has 0 radical (unpaired) electrons. The van der Waals surface area contributed by atoms with E-state index >= 15 is 0 Å². The average molecular weight is 542 g/mol. The summed E-state index contributed by atoms with van der Waals surface area (Å²) in [5, 5.41) is 3.56. The van der Waals surface area contributed by atoms with Crippen LogP contribution >= 0.6 is 0 Å². The molecular weight excluding hydrogens is 502 g/mol. The summed E-state index contributed by atoms with van der Waals surface area (Å²) in [6.45, 7) is 0.560. The lowest BCUT2D eigenvalue weighted by molar-refractivity contribution is -0.141. The van der Waals surface area contributed by atoms with Gasteiger partial charge >= 0.3 is 6.03 Å². The molecule has 2 heterocycles. The summed E-state index contributed by atoms with van der Waals surface area (Å²) in [4.78, 5) is 36.5. The van der Waals surface area contributed by atoms with Gasteiger partial charge < -0.3 is 21.7 Å². The molecule has 1 aliphatic heterocycles. The molecule has 9 nitrogen and oxygen atoms in total. The van der Waals surface area contributed by atoms with Crippen LogP contribution in [0.15, 0.2) is 79.0 Å². The van der Waals surface area contributed by atoms with Crippen LogP contribution < -0.4 is 16.8 Å². The molecule has 1 saturated heterocycles. The number of nitrogens with one attached hydrogen (secondary N) is 1. The van der Waals surface area contributed by atoms with Crippen LogP contribution in [-0.2, 0) is 11.3 Å². The van der Waals surface area contributed by atoms with E-state index in [9.17, 15) is 9.59 Å². The Hall–Kier alpha value is -3.79. The van der Waals surface area contributed by atoms with Crippen LogP contribution in [0, 0.1) is 5.92 Å². The van der Waals surface area contributed by atoms with E-state index in [1.165, 1.54) is 4.90 Å². The first-order chi connectivity index (χ1) is 19.3. The van der Waals surface area contributed by atoms with Crippen molar-refractivity contribution in [1.29, 1.82) is 0 Å². The van der Waals surface area contributed by atoms with E-state index in [1.54, 1.807) is 18.1 Å². The second-order valence-electron chi connectivity index (χ2n) is 10.9. The predicted molar refractivity (Wildman–Crippen MR) is 157 cm³/mol. The lowest BCUT2D eigenvalue weighted by atomic mass is 9.86. The van der Waals surface area contributed by atoms with Gasteiger partial charge in [-0.1, -0.05) is 61.4 Å². The minimum atomic E-state index is -0.819. The molecular formula is C31H39N7O2. The maximum atomic E-state index is 13.7. The highest BCUT2D eigenvalue weighted by molar-refractivity contribution is 5.99. The second-order valence-corrected chi connectivity index (χ2v) is 10.9. The highest BCUT2D eigenvalue weighted by Gasteiger charge is 2.51. The number of imide groups is 1. The van der Waals surface area contributed by atoms with Gasteiger partial charge in [-0.25, -0.2) is 4.79 Å². The van der Waals surface area contributed by atoms with Crippen molar-refractivity contribution in [2.45, 2.75) is 56.6 Å². The van der Waals surface area contributed by atoms with Crippen LogP contribution in [-0.4, -0.2) is 70.1 Å². The maximum Gasteiger partial charge on any atom is 0.328 e. The molecule has 210 valence electrons. The zero-order chi connectivity index (χ0) is 28.2. The van der Waals surface area contributed by atoms with Gasteiger partial charge in [0.15, 0.2) is 0 Å². The molecule has 3 amide bonds. The molecule has 9 heteroatoms. The van der Waals surface area contributed by atoms with Crippen molar-refractivity contribution in [2.75, 3.05) is 19.4 Å². The van der Waals surface area contributed by atoms with E-state index in [1.807, 2.05) is 55.6 Å². The molecule has 0 spiro atoms. The van der Waals surface area contributed by atoms with Crippen molar-refractivity contribution in [1.82, 2.24) is 19.7 Å². The zero-order valence-corrected chi connectivity index (χ0v) is 23.2. The Morgan fingerprint density at radius 1 is 0.975 bits per heavy atom. The van der Waals surface area contributed by atoms with Crippen molar-refractivity contribution in [3.63, 3.8) is 0 Å². The highest BCUT2D eigenvalue weighted by Crippen LogP contribution is 2.32. The van der Waals surface area contributed by atoms with Gasteiger partial charge in [0.25, 0.3) is 0 Å². The molecule has 5 rings (SSSR count). The fraction of sp³-hybridized carbons (Fsp3) is 0.387. The number of nitrogens with zero attached hydrogens (tertiary/aromatic N) is 4. The summed E-state index contributed by atoms with van der Waals surface area (Å²) >= 11 is 0. The topological polar surface area (TPSA) is 121 Å². The fourth-order valence-electron chi connectivity index (χ4n) is 5.99. The Balaban J connectivity index is 1.44. The molecule has 1 aromatic heterocycles. The van der Waals surface area contributed by atoms with Crippen molar-refractivity contribution < 1.29 is 9.59 Å². The zero-order valence-electron chi connectivity index (χ0n) is 23.2. The number of aromatic nitrogens is 1. The van der Waals surface area contributed by atoms with Gasteiger partial charge in [-0.15, -0.1) is 0 Å². The molecule has 5 N–H and O–H groups in total. The Labute approximate surface area is 236 Å². The predicted octanol–water partition coefficient (Wildman–Crippen LogP) is 3.68. The van der Waals surface area contributed by atoms with Crippen LogP contribution in [0.4, 0.5) is 10.5 Å². The molecule has 5 atom stereocenters. The maximum absolute atomic E-state index is 13.7. The van der Waals surface area contributed by atoms with E-state index in [0.29, 0.717) is 6.54 Å². The van der Waals surface area contributed by atoms with Crippen molar-refractivity contribution >= 4 is 17.6 Å². The number of carbonyl (C=O) groups excluding carboxylic acids is 2. The number of rotatable bonds is 8. The third kappa shape index (κ3) is 5.72. The monoisotopic (exact) mass is 541 g/mol. The SMILES string of the molecule is CN1C(=O)C(C(Nc2ccccc2)N(C)Cc2ccc(-c3ccccn3)cc2)C(N)N(C2CCCCC2N)C1=O. The lowest BCUT2D eigenvalue weighted by Crippen LogP contribution is -2.72. The van der Waals surface area contributed by atoms with Crippen LogP contribution in [0.2, 0.25) is 0 Å². The van der Waals surface area contributed by atoms with Crippen molar-refractivity contribution in [3.05, 3.63) is 84.6 Å². The fourth-order valence-corrected chi connectivity index (χ4v) is 5.99. The normalized spacial score (nSPS) is 24.3. The standard InChI is InChI=1S/C31H39N7O2/c1-36(20-21-15-17-22(18-16-21)25-13-8-9-19-34-25)29(35-23-10-4-3-5-11-23)27-28(33)38(31(40)37(2)30(27)39)26-14-7-6-12-24(26)32/h3-5,8-11,13,15-19,24,26-29,35H,6-7,12,14,20,32-33H2,1-2H3. The number of amides is 3. The van der Waals surface area contributed by atoms with E-state index in [-0.39, 0.29) is 24.0 Å². The Morgan fingerprint density at radius 3 is 2.35 bits per heavy atom. The third-order valence-electron chi connectivity index (χ3n) is 8.20. The summed E-state index contributed by atoms with van der Waals surface area (Å²) in [7, 11) is 3.52. The number of pyridine rings is 1. The number of hydrogen-bond acceptors (Lipinski definition) is 7. The number of para-hydroxylation sites is 1. The van der Waals surface area contributed by atoms with Crippen LogP contribution in [0.3, 0.4) is 0 Å². The van der Waals surface area contributed by atoms with Crippen LogP contribution in [0.5, 0.6) is 0 Å². The first kappa shape index (κ1) is 27.8. The number of benzene rings is 2. The van der Waals surface area contributed by atoms with Crippen LogP contribution in [0.1, 0.15) is 31.2 Å². The van der Waals surface area contributed by atoms with Gasteiger partial charge in [-0.3, -0.25) is 19.6 Å².